The highest BCUT2D eigenvalue weighted by molar-refractivity contribution is 6.03. The number of nitrogens with one attached hydrogen (secondary N) is 1. The minimum Gasteiger partial charge on any atom is -0.465 e. The Kier molecular flexibility index (Phi) is 10.3. The van der Waals surface area contributed by atoms with E-state index in [1.165, 1.54) is 12.8 Å². The molecule has 4 aliphatic rings. The minimum atomic E-state index is -0.785. The fourth-order valence-electron chi connectivity index (χ4n) is 9.24. The summed E-state index contributed by atoms with van der Waals surface area (Å²) in [7, 11) is 0. The molecule has 3 atom stereocenters. The summed E-state index contributed by atoms with van der Waals surface area (Å²) in [5, 5.41) is 17.9. The Morgan fingerprint density at radius 3 is 2.24 bits per heavy atom. The number of primary amides is 1. The number of hydrogen-bond donors (Lipinski definition) is 3. The third-order valence-corrected chi connectivity index (χ3v) is 12.0. The molecule has 1 aromatic heterocycles. The zero-order valence-electron chi connectivity index (χ0n) is 30.5. The van der Waals surface area contributed by atoms with Crippen LogP contribution in [0.3, 0.4) is 0 Å². The van der Waals surface area contributed by atoms with Gasteiger partial charge in [-0.25, -0.2) is 9.48 Å². The van der Waals surface area contributed by atoms with E-state index >= 15 is 0 Å². The Hall–Kier alpha value is -4.09. The number of carbonyl (C=O) groups is 2. The molecule has 3 aromatic rings. The Morgan fingerprint density at radius 2 is 1.59 bits per heavy atom. The largest absolute Gasteiger partial charge is 0.465 e. The van der Waals surface area contributed by atoms with E-state index < -0.39 is 12.0 Å². The molecular formula is C40H55N7O4. The summed E-state index contributed by atoms with van der Waals surface area (Å²) in [4.78, 5) is 31.3. The van der Waals surface area contributed by atoms with Crippen LogP contribution in [0.15, 0.2) is 54.6 Å². The van der Waals surface area contributed by atoms with E-state index in [4.69, 9.17) is 15.6 Å². The highest BCUT2D eigenvalue weighted by Crippen LogP contribution is 2.42. The van der Waals surface area contributed by atoms with E-state index in [1.54, 1.807) is 4.90 Å². The molecule has 3 fully saturated rings. The van der Waals surface area contributed by atoms with Crippen molar-refractivity contribution < 1.29 is 19.4 Å². The number of aromatic nitrogens is 2. The topological polar surface area (TPSA) is 129 Å². The van der Waals surface area contributed by atoms with Crippen molar-refractivity contribution in [1.82, 2.24) is 24.5 Å². The minimum absolute atomic E-state index is 0.176. The number of nitrogens with two attached hydrogens (primary N) is 1. The Morgan fingerprint density at radius 1 is 0.902 bits per heavy atom. The fraction of sp³-hybridized carbons (Fsp3) is 0.575. The van der Waals surface area contributed by atoms with Gasteiger partial charge in [-0.2, -0.15) is 5.10 Å². The number of benzene rings is 2. The molecule has 274 valence electrons. The quantitative estimate of drug-likeness (QED) is 0.235. The number of hydrogen-bond acceptors (Lipinski definition) is 7. The fourth-order valence-corrected chi connectivity index (χ4v) is 9.24. The number of nitrogens with zero attached hydrogens (tertiary/aromatic N) is 5. The highest BCUT2D eigenvalue weighted by atomic mass is 16.5. The third-order valence-electron chi connectivity index (χ3n) is 12.0. The second-order valence-corrected chi connectivity index (χ2v) is 16.2. The number of likely N-dealkylation sites (tertiary alicyclic amines) is 3. The van der Waals surface area contributed by atoms with E-state index in [0.29, 0.717) is 48.3 Å². The van der Waals surface area contributed by atoms with Crippen molar-refractivity contribution >= 4 is 17.8 Å². The van der Waals surface area contributed by atoms with Crippen molar-refractivity contribution in [2.24, 2.45) is 23.0 Å². The van der Waals surface area contributed by atoms with E-state index in [1.807, 2.05) is 54.6 Å². The van der Waals surface area contributed by atoms with Gasteiger partial charge in [0.15, 0.2) is 0 Å². The summed E-state index contributed by atoms with van der Waals surface area (Å²) in [6.45, 7) is 13.6. The van der Waals surface area contributed by atoms with Crippen molar-refractivity contribution in [2.75, 3.05) is 51.1 Å². The molecule has 0 radical (unpaired) electrons. The van der Waals surface area contributed by atoms with Crippen molar-refractivity contribution in [3.63, 3.8) is 0 Å². The highest BCUT2D eigenvalue weighted by Gasteiger charge is 2.41. The molecule has 7 rings (SSSR count). The van der Waals surface area contributed by atoms with Gasteiger partial charge in [0.1, 0.15) is 28.6 Å². The molecule has 4 N–H and O–H groups in total. The second-order valence-electron chi connectivity index (χ2n) is 16.2. The molecule has 2 amide bonds. The molecule has 3 saturated heterocycles. The number of para-hydroxylation sites is 1. The van der Waals surface area contributed by atoms with Crippen LogP contribution in [0.5, 0.6) is 11.5 Å². The summed E-state index contributed by atoms with van der Waals surface area (Å²) in [5.41, 5.74) is 8.10. The van der Waals surface area contributed by atoms with E-state index in [2.05, 4.69) is 40.6 Å². The zero-order chi connectivity index (χ0) is 35.7. The molecule has 0 spiro atoms. The number of amides is 2. The SMILES string of the molecule is CC(C)(C)[C@@H]1CC(N2CCC(C3CCNc4c(C(N)=O)c(-c5ccc(Oc6ccccc6)cc5)nn43)CC2)CCN1CC1CCN(C(=O)O)CC1. The Balaban J connectivity index is 0.997. The van der Waals surface area contributed by atoms with Gasteiger partial charge in [-0.05, 0) is 118 Å². The number of carboxylic acid groups (broad SMARTS) is 1. The molecule has 11 heteroatoms. The van der Waals surface area contributed by atoms with Crippen LogP contribution < -0.4 is 15.8 Å². The standard InChI is InChI=1S/C40H55N7O4/c1-40(2,3)34-25-30(18-24-46(34)26-27-14-20-45(21-15-27)39(49)50)44-22-16-28(17-23-44)33-13-19-42-38-35(37(41)48)36(43-47(33)38)29-9-11-32(12-10-29)51-31-7-5-4-6-8-31/h4-12,27-28,30,33-34,42H,13-26H2,1-3H3,(H2,41,48)(H,49,50)/t30?,33?,34-/m0/s1. The molecule has 0 aliphatic carbocycles. The predicted molar refractivity (Wildman–Crippen MR) is 199 cm³/mol. The lowest BCUT2D eigenvalue weighted by atomic mass is 9.77. The van der Waals surface area contributed by atoms with Crippen molar-refractivity contribution in [1.29, 1.82) is 0 Å². The molecule has 5 heterocycles. The van der Waals surface area contributed by atoms with Crippen LogP contribution in [0.4, 0.5) is 10.6 Å². The molecule has 0 bridgehead atoms. The average molecular weight is 698 g/mol. The Bertz CT molecular complexity index is 1650. The molecular weight excluding hydrogens is 642 g/mol. The van der Waals surface area contributed by atoms with E-state index in [9.17, 15) is 14.7 Å². The van der Waals surface area contributed by atoms with Gasteiger partial charge in [0.05, 0.1) is 6.04 Å². The summed E-state index contributed by atoms with van der Waals surface area (Å²) in [5.74, 6) is 2.81. The van der Waals surface area contributed by atoms with Crippen LogP contribution in [0.1, 0.15) is 82.1 Å². The maximum absolute atomic E-state index is 12.9. The van der Waals surface area contributed by atoms with Gasteiger partial charge < -0.3 is 30.7 Å². The van der Waals surface area contributed by atoms with Crippen LogP contribution in [-0.2, 0) is 0 Å². The average Bonchev–Trinajstić information content (AvgIpc) is 3.53. The lowest BCUT2D eigenvalue weighted by molar-refractivity contribution is -0.0103. The van der Waals surface area contributed by atoms with Crippen LogP contribution >= 0.6 is 0 Å². The van der Waals surface area contributed by atoms with Gasteiger partial charge in [0.2, 0.25) is 0 Å². The smallest absolute Gasteiger partial charge is 0.407 e. The molecule has 2 aromatic carbocycles. The Labute approximate surface area is 302 Å². The summed E-state index contributed by atoms with van der Waals surface area (Å²) in [6, 6.07) is 18.7. The lowest BCUT2D eigenvalue weighted by Crippen LogP contribution is -2.57. The number of rotatable bonds is 8. The van der Waals surface area contributed by atoms with Gasteiger partial charge >= 0.3 is 6.09 Å². The monoisotopic (exact) mass is 697 g/mol. The molecule has 51 heavy (non-hydrogen) atoms. The zero-order valence-corrected chi connectivity index (χ0v) is 30.5. The summed E-state index contributed by atoms with van der Waals surface area (Å²) < 4.78 is 8.06. The molecule has 0 saturated carbocycles. The normalized spacial score (nSPS) is 24.1. The van der Waals surface area contributed by atoms with Crippen LogP contribution in [0.2, 0.25) is 0 Å². The van der Waals surface area contributed by atoms with Gasteiger partial charge in [-0.1, -0.05) is 39.0 Å². The second kappa shape index (κ2) is 14.9. The van der Waals surface area contributed by atoms with Gasteiger partial charge in [0.25, 0.3) is 5.91 Å². The number of carbonyl (C=O) groups excluding carboxylic acids is 1. The van der Waals surface area contributed by atoms with Gasteiger partial charge in [-0.3, -0.25) is 9.69 Å². The summed E-state index contributed by atoms with van der Waals surface area (Å²) in [6.07, 6.45) is 6.69. The van der Waals surface area contributed by atoms with Crippen molar-refractivity contribution in [3.05, 3.63) is 60.2 Å². The molecule has 11 nitrogen and oxygen atoms in total. The van der Waals surface area contributed by atoms with E-state index in [-0.39, 0.29) is 11.5 Å². The maximum atomic E-state index is 12.9. The molecule has 4 aliphatic heterocycles. The lowest BCUT2D eigenvalue weighted by Gasteiger charge is -2.51. The van der Waals surface area contributed by atoms with Crippen molar-refractivity contribution in [3.8, 4) is 22.8 Å². The first-order chi connectivity index (χ1) is 24.5. The third kappa shape index (κ3) is 7.74. The van der Waals surface area contributed by atoms with Crippen LogP contribution in [-0.4, -0.2) is 99.5 Å². The first-order valence-electron chi connectivity index (χ1n) is 19.0. The number of fused-ring (bicyclic) bond motifs is 1. The maximum Gasteiger partial charge on any atom is 0.407 e. The van der Waals surface area contributed by atoms with Crippen LogP contribution in [0, 0.1) is 17.3 Å². The van der Waals surface area contributed by atoms with Gasteiger partial charge in [-0.15, -0.1) is 0 Å². The predicted octanol–water partition coefficient (Wildman–Crippen LogP) is 6.78. The number of anilines is 1. The van der Waals surface area contributed by atoms with Crippen LogP contribution in [0.25, 0.3) is 11.3 Å². The van der Waals surface area contributed by atoms with E-state index in [0.717, 1.165) is 87.7 Å². The van der Waals surface area contributed by atoms with Gasteiger partial charge in [0, 0.05) is 43.8 Å². The molecule has 2 unspecified atom stereocenters. The number of ether oxygens (including phenoxy) is 1. The first-order valence-corrected chi connectivity index (χ1v) is 19.0. The summed E-state index contributed by atoms with van der Waals surface area (Å²) >= 11 is 0. The van der Waals surface area contributed by atoms with Crippen molar-refractivity contribution in [2.45, 2.75) is 83.8 Å². The number of piperidine rings is 3. The first kappa shape index (κ1) is 35.3.